The van der Waals surface area contributed by atoms with Gasteiger partial charge in [0.1, 0.15) is 0 Å². The van der Waals surface area contributed by atoms with Crippen molar-refractivity contribution < 1.29 is 9.59 Å². The van der Waals surface area contributed by atoms with Gasteiger partial charge < -0.3 is 10.2 Å². The number of aromatic nitrogens is 1. The highest BCUT2D eigenvalue weighted by molar-refractivity contribution is 6.08. The van der Waals surface area contributed by atoms with E-state index in [4.69, 9.17) is 0 Å². The first-order valence-corrected chi connectivity index (χ1v) is 10.5. The lowest BCUT2D eigenvalue weighted by Gasteiger charge is -2.22. The van der Waals surface area contributed by atoms with Crippen LogP contribution in [0.1, 0.15) is 65.3 Å². The number of carbonyl (C=O) groups is 2. The highest BCUT2D eigenvalue weighted by atomic mass is 16.2. The summed E-state index contributed by atoms with van der Waals surface area (Å²) in [5.41, 5.74) is 4.41. The van der Waals surface area contributed by atoms with Crippen LogP contribution in [0, 0.1) is 0 Å². The van der Waals surface area contributed by atoms with E-state index in [0.717, 1.165) is 31.4 Å². The molecule has 1 aliphatic carbocycles. The molecule has 1 aromatic heterocycles. The van der Waals surface area contributed by atoms with Crippen molar-refractivity contribution in [3.05, 3.63) is 71.1 Å². The van der Waals surface area contributed by atoms with Gasteiger partial charge in [-0.2, -0.15) is 0 Å². The van der Waals surface area contributed by atoms with E-state index in [0.29, 0.717) is 17.7 Å². The number of amides is 2. The number of carbonyl (C=O) groups excluding carboxylic acids is 2. The summed E-state index contributed by atoms with van der Waals surface area (Å²) in [6.45, 7) is 2.65. The molecule has 0 spiro atoms. The fourth-order valence-electron chi connectivity index (χ4n) is 4.27. The third kappa shape index (κ3) is 4.24. The summed E-state index contributed by atoms with van der Waals surface area (Å²) in [6, 6.07) is 9.71. The van der Waals surface area contributed by atoms with Crippen LogP contribution in [0.25, 0.3) is 0 Å². The number of rotatable bonds is 5. The second kappa shape index (κ2) is 8.60. The summed E-state index contributed by atoms with van der Waals surface area (Å²) >= 11 is 0. The van der Waals surface area contributed by atoms with Crippen LogP contribution in [-0.2, 0) is 6.42 Å². The van der Waals surface area contributed by atoms with Crippen LogP contribution in [-0.4, -0.2) is 29.4 Å². The molecule has 5 nitrogen and oxygen atoms in total. The second-order valence-corrected chi connectivity index (χ2v) is 7.93. The maximum absolute atomic E-state index is 13.2. The summed E-state index contributed by atoms with van der Waals surface area (Å²) in [6.07, 6.45) is 11.9. The van der Waals surface area contributed by atoms with Crippen LogP contribution >= 0.6 is 0 Å². The van der Waals surface area contributed by atoms with Crippen molar-refractivity contribution in [1.29, 1.82) is 0 Å². The minimum atomic E-state index is -0.182. The van der Waals surface area contributed by atoms with Crippen LogP contribution in [0.3, 0.4) is 0 Å². The van der Waals surface area contributed by atoms with Crippen molar-refractivity contribution in [2.24, 2.45) is 0 Å². The fourth-order valence-corrected chi connectivity index (χ4v) is 4.27. The van der Waals surface area contributed by atoms with E-state index in [9.17, 15) is 9.59 Å². The lowest BCUT2D eigenvalue weighted by atomic mass is 9.97. The van der Waals surface area contributed by atoms with Crippen molar-refractivity contribution in [2.75, 3.05) is 11.4 Å². The molecule has 1 aromatic carbocycles. The molecule has 2 amide bonds. The Balaban J connectivity index is 1.43. The van der Waals surface area contributed by atoms with Crippen molar-refractivity contribution in [3.8, 4) is 0 Å². The quantitative estimate of drug-likeness (QED) is 0.776. The molecule has 1 atom stereocenters. The smallest absolute Gasteiger partial charge is 0.260 e. The van der Waals surface area contributed by atoms with Crippen molar-refractivity contribution in [1.82, 2.24) is 10.3 Å². The Morgan fingerprint density at radius 2 is 2.00 bits per heavy atom. The van der Waals surface area contributed by atoms with Gasteiger partial charge in [-0.3, -0.25) is 14.6 Å². The number of pyridine rings is 1. The molecule has 1 aliphatic heterocycles. The van der Waals surface area contributed by atoms with Gasteiger partial charge in [0.25, 0.3) is 11.8 Å². The van der Waals surface area contributed by atoms with Gasteiger partial charge in [-0.05, 0) is 63.1 Å². The molecule has 4 rings (SSSR count). The Morgan fingerprint density at radius 1 is 1.17 bits per heavy atom. The van der Waals surface area contributed by atoms with Gasteiger partial charge in [0.2, 0.25) is 0 Å². The zero-order valence-corrected chi connectivity index (χ0v) is 16.9. The summed E-state index contributed by atoms with van der Waals surface area (Å²) < 4.78 is 0. The Labute approximate surface area is 171 Å². The predicted octanol–water partition coefficient (Wildman–Crippen LogP) is 4.29. The van der Waals surface area contributed by atoms with E-state index in [2.05, 4.69) is 22.4 Å². The summed E-state index contributed by atoms with van der Waals surface area (Å²) in [5, 5.41) is 2.96. The molecule has 150 valence electrons. The minimum absolute atomic E-state index is 0.0844. The zero-order chi connectivity index (χ0) is 20.2. The number of nitrogens with zero attached hydrogens (tertiary/aromatic N) is 2. The first-order chi connectivity index (χ1) is 14.1. The molecule has 1 unspecified atom stereocenters. The third-order valence-corrected chi connectivity index (χ3v) is 5.79. The number of hydrogen-bond acceptors (Lipinski definition) is 3. The normalized spacial score (nSPS) is 18.2. The Kier molecular flexibility index (Phi) is 5.74. The molecule has 1 N–H and O–H groups in total. The number of nitrogens with one attached hydrogen (secondary N) is 1. The van der Waals surface area contributed by atoms with Crippen LogP contribution in [0.4, 0.5) is 5.69 Å². The summed E-state index contributed by atoms with van der Waals surface area (Å²) in [4.78, 5) is 31.7. The Bertz CT molecular complexity index is 951. The van der Waals surface area contributed by atoms with E-state index in [1.807, 2.05) is 30.0 Å². The van der Waals surface area contributed by atoms with Crippen molar-refractivity contribution in [2.45, 2.75) is 51.5 Å². The molecule has 0 radical (unpaired) electrons. The van der Waals surface area contributed by atoms with Gasteiger partial charge in [0.05, 0.1) is 11.1 Å². The second-order valence-electron chi connectivity index (χ2n) is 7.93. The lowest BCUT2D eigenvalue weighted by Crippen LogP contribution is -2.36. The van der Waals surface area contributed by atoms with Crippen molar-refractivity contribution >= 4 is 17.5 Å². The number of para-hydroxylation sites is 1. The maximum Gasteiger partial charge on any atom is 0.260 e. The molecule has 2 heterocycles. The van der Waals surface area contributed by atoms with Gasteiger partial charge in [0.15, 0.2) is 0 Å². The van der Waals surface area contributed by atoms with E-state index in [1.54, 1.807) is 12.3 Å². The van der Waals surface area contributed by atoms with E-state index < -0.39 is 0 Å². The number of fused-ring (bicyclic) bond motifs is 1. The SMILES string of the molecule is CC1Cc2ccccc2N1C(=O)c1cncc(C(=O)NCCC2=CCCCC2)c1. The molecular formula is C24H27N3O2. The largest absolute Gasteiger partial charge is 0.352 e. The number of anilines is 1. The highest BCUT2D eigenvalue weighted by Crippen LogP contribution is 2.33. The minimum Gasteiger partial charge on any atom is -0.352 e. The number of allylic oxidation sites excluding steroid dienone is 1. The maximum atomic E-state index is 13.2. The third-order valence-electron chi connectivity index (χ3n) is 5.79. The fraction of sp³-hybridized carbons (Fsp3) is 0.375. The first kappa shape index (κ1) is 19.4. The molecule has 2 aliphatic rings. The molecule has 29 heavy (non-hydrogen) atoms. The van der Waals surface area contributed by atoms with Gasteiger partial charge in [0, 0.05) is 30.7 Å². The molecule has 0 saturated carbocycles. The molecule has 2 aromatic rings. The highest BCUT2D eigenvalue weighted by Gasteiger charge is 2.31. The van der Waals surface area contributed by atoms with Crippen LogP contribution in [0.15, 0.2) is 54.4 Å². The molecule has 0 fully saturated rings. The van der Waals surface area contributed by atoms with Gasteiger partial charge >= 0.3 is 0 Å². The first-order valence-electron chi connectivity index (χ1n) is 10.5. The average molecular weight is 389 g/mol. The van der Waals surface area contributed by atoms with E-state index in [-0.39, 0.29) is 17.9 Å². The number of hydrogen-bond donors (Lipinski definition) is 1. The van der Waals surface area contributed by atoms with Gasteiger partial charge in [-0.1, -0.05) is 29.8 Å². The van der Waals surface area contributed by atoms with Crippen LogP contribution < -0.4 is 10.2 Å². The van der Waals surface area contributed by atoms with Crippen LogP contribution in [0.5, 0.6) is 0 Å². The molecule has 0 bridgehead atoms. The Hall–Kier alpha value is -2.95. The lowest BCUT2D eigenvalue weighted by molar-refractivity contribution is 0.0953. The number of benzene rings is 1. The molecule has 0 saturated heterocycles. The van der Waals surface area contributed by atoms with Gasteiger partial charge in [-0.15, -0.1) is 0 Å². The van der Waals surface area contributed by atoms with Crippen molar-refractivity contribution in [3.63, 3.8) is 0 Å². The summed E-state index contributed by atoms with van der Waals surface area (Å²) in [7, 11) is 0. The van der Waals surface area contributed by atoms with Gasteiger partial charge in [-0.25, -0.2) is 0 Å². The monoisotopic (exact) mass is 389 g/mol. The molecular weight excluding hydrogens is 362 g/mol. The zero-order valence-electron chi connectivity index (χ0n) is 16.9. The summed E-state index contributed by atoms with van der Waals surface area (Å²) in [5.74, 6) is -0.296. The Morgan fingerprint density at radius 3 is 2.83 bits per heavy atom. The van der Waals surface area contributed by atoms with E-state index in [1.165, 1.54) is 30.2 Å². The standard InChI is InChI=1S/C24H27N3O2/c1-17-13-19-9-5-6-10-22(19)27(17)24(29)21-14-20(15-25-16-21)23(28)26-12-11-18-7-3-2-4-8-18/h5-7,9-10,14-17H,2-4,8,11-13H2,1H3,(H,26,28). The molecule has 5 heteroatoms. The predicted molar refractivity (Wildman–Crippen MR) is 114 cm³/mol. The average Bonchev–Trinajstić information content (AvgIpc) is 3.09. The van der Waals surface area contributed by atoms with Crippen LogP contribution in [0.2, 0.25) is 0 Å². The van der Waals surface area contributed by atoms with E-state index >= 15 is 0 Å². The topological polar surface area (TPSA) is 62.3 Å².